The Morgan fingerprint density at radius 1 is 1.14 bits per heavy atom. The number of benzene rings is 2. The SMILES string of the molecule is CS(=O)(=O)N[C@H]1CCCCC1N1C(=O)c2ccccc2[C@@H](C(=O)NCC#N)[C@@H]1c1ccc(Cl)cc1Cl. The zero-order chi connectivity index (χ0) is 26.0. The van der Waals surface area contributed by atoms with Crippen LogP contribution >= 0.6 is 23.2 Å². The maximum Gasteiger partial charge on any atom is 0.255 e. The van der Waals surface area contributed by atoms with Gasteiger partial charge in [0.2, 0.25) is 15.9 Å². The van der Waals surface area contributed by atoms with Crippen molar-refractivity contribution in [2.75, 3.05) is 12.8 Å². The molecular weight excluding hydrogens is 523 g/mol. The van der Waals surface area contributed by atoms with Crippen LogP contribution in [-0.4, -0.2) is 50.0 Å². The number of nitrogens with one attached hydrogen (secondary N) is 2. The molecule has 8 nitrogen and oxygen atoms in total. The molecule has 1 aliphatic heterocycles. The third-order valence-corrected chi connectivity index (χ3v) is 8.03. The zero-order valence-electron chi connectivity index (χ0n) is 19.6. The van der Waals surface area contributed by atoms with E-state index in [-0.39, 0.29) is 17.5 Å². The lowest BCUT2D eigenvalue weighted by atomic mass is 9.76. The fourth-order valence-electron chi connectivity index (χ4n) is 5.36. The van der Waals surface area contributed by atoms with Gasteiger partial charge in [-0.15, -0.1) is 0 Å². The van der Waals surface area contributed by atoms with E-state index in [0.717, 1.165) is 19.1 Å². The lowest BCUT2D eigenvalue weighted by Gasteiger charge is -2.49. The van der Waals surface area contributed by atoms with Gasteiger partial charge in [0.05, 0.1) is 24.3 Å². The van der Waals surface area contributed by atoms with Gasteiger partial charge in [-0.2, -0.15) is 5.26 Å². The summed E-state index contributed by atoms with van der Waals surface area (Å²) in [5.41, 5.74) is 1.40. The van der Waals surface area contributed by atoms with Gasteiger partial charge >= 0.3 is 0 Å². The quantitative estimate of drug-likeness (QED) is 0.532. The first-order chi connectivity index (χ1) is 17.1. The van der Waals surface area contributed by atoms with Gasteiger partial charge in [-0.1, -0.05) is 60.3 Å². The van der Waals surface area contributed by atoms with E-state index in [1.807, 2.05) is 6.07 Å². The fourth-order valence-corrected chi connectivity index (χ4v) is 6.71. The number of nitriles is 1. The van der Waals surface area contributed by atoms with E-state index in [1.54, 1.807) is 47.4 Å². The summed E-state index contributed by atoms with van der Waals surface area (Å²) in [6.45, 7) is -0.200. The van der Waals surface area contributed by atoms with Gasteiger partial charge in [0.15, 0.2) is 0 Å². The lowest BCUT2D eigenvalue weighted by molar-refractivity contribution is -0.124. The van der Waals surface area contributed by atoms with E-state index in [4.69, 9.17) is 28.5 Å². The van der Waals surface area contributed by atoms with E-state index in [9.17, 15) is 18.0 Å². The highest BCUT2D eigenvalue weighted by Crippen LogP contribution is 2.47. The van der Waals surface area contributed by atoms with Gasteiger partial charge in [0, 0.05) is 27.7 Å². The van der Waals surface area contributed by atoms with Gasteiger partial charge in [0.25, 0.3) is 5.91 Å². The summed E-state index contributed by atoms with van der Waals surface area (Å²) < 4.78 is 27.1. The van der Waals surface area contributed by atoms with Gasteiger partial charge < -0.3 is 10.2 Å². The van der Waals surface area contributed by atoms with Crippen LogP contribution in [0.15, 0.2) is 42.5 Å². The van der Waals surface area contributed by atoms with Crippen molar-refractivity contribution in [1.29, 1.82) is 5.26 Å². The maximum atomic E-state index is 14.1. The Balaban J connectivity index is 1.94. The minimum atomic E-state index is -3.56. The first-order valence-electron chi connectivity index (χ1n) is 11.6. The summed E-state index contributed by atoms with van der Waals surface area (Å²) in [7, 11) is -3.56. The van der Waals surface area contributed by atoms with Crippen molar-refractivity contribution in [3.05, 3.63) is 69.2 Å². The molecule has 2 aromatic rings. The predicted molar refractivity (Wildman–Crippen MR) is 137 cm³/mol. The van der Waals surface area contributed by atoms with E-state index < -0.39 is 40.0 Å². The summed E-state index contributed by atoms with van der Waals surface area (Å²) in [4.78, 5) is 29.2. The lowest BCUT2D eigenvalue weighted by Crippen LogP contribution is -2.59. The highest BCUT2D eigenvalue weighted by Gasteiger charge is 2.49. The molecular formula is C25H26Cl2N4O4S. The van der Waals surface area contributed by atoms with Crippen LogP contribution < -0.4 is 10.0 Å². The monoisotopic (exact) mass is 548 g/mol. The second kappa shape index (κ2) is 10.8. The van der Waals surface area contributed by atoms with Crippen molar-refractivity contribution >= 4 is 45.0 Å². The Morgan fingerprint density at radius 3 is 2.56 bits per heavy atom. The van der Waals surface area contributed by atoms with Gasteiger partial charge in [-0.05, 0) is 42.2 Å². The van der Waals surface area contributed by atoms with Crippen molar-refractivity contribution in [3.8, 4) is 6.07 Å². The molecule has 0 saturated heterocycles. The van der Waals surface area contributed by atoms with Crippen LogP contribution in [-0.2, 0) is 14.8 Å². The molecule has 0 bridgehead atoms. The molecule has 1 saturated carbocycles. The van der Waals surface area contributed by atoms with Crippen molar-refractivity contribution in [2.45, 2.75) is 49.7 Å². The molecule has 0 spiro atoms. The Kier molecular flexibility index (Phi) is 7.90. The molecule has 36 heavy (non-hydrogen) atoms. The minimum Gasteiger partial charge on any atom is -0.342 e. The Labute approximate surface area is 220 Å². The number of hydrogen-bond acceptors (Lipinski definition) is 5. The Bertz CT molecular complexity index is 1330. The molecule has 1 fully saturated rings. The van der Waals surface area contributed by atoms with Crippen LogP contribution in [0.2, 0.25) is 10.0 Å². The molecule has 2 amide bonds. The molecule has 4 atom stereocenters. The molecule has 2 N–H and O–H groups in total. The molecule has 0 aromatic heterocycles. The summed E-state index contributed by atoms with van der Waals surface area (Å²) >= 11 is 12.8. The van der Waals surface area contributed by atoms with E-state index in [0.29, 0.717) is 34.6 Å². The van der Waals surface area contributed by atoms with Crippen molar-refractivity contribution in [1.82, 2.24) is 14.9 Å². The second-order valence-electron chi connectivity index (χ2n) is 9.11. The molecule has 2 aliphatic rings. The molecule has 2 aromatic carbocycles. The van der Waals surface area contributed by atoms with Crippen LogP contribution in [0.3, 0.4) is 0 Å². The zero-order valence-corrected chi connectivity index (χ0v) is 21.9. The van der Waals surface area contributed by atoms with Crippen LogP contribution in [0, 0.1) is 11.3 Å². The molecule has 1 aliphatic carbocycles. The second-order valence-corrected chi connectivity index (χ2v) is 11.7. The molecule has 0 radical (unpaired) electrons. The van der Waals surface area contributed by atoms with E-state index in [1.165, 1.54) is 0 Å². The normalized spacial score (nSPS) is 24.1. The number of sulfonamides is 1. The predicted octanol–water partition coefficient (Wildman–Crippen LogP) is 3.77. The number of hydrogen-bond donors (Lipinski definition) is 2. The first kappa shape index (κ1) is 26.4. The number of nitrogens with zero attached hydrogens (tertiary/aromatic N) is 2. The smallest absolute Gasteiger partial charge is 0.255 e. The number of amides is 2. The van der Waals surface area contributed by atoms with Crippen LogP contribution in [0.4, 0.5) is 0 Å². The third-order valence-electron chi connectivity index (χ3n) is 6.73. The minimum absolute atomic E-state index is 0.200. The Morgan fingerprint density at radius 2 is 1.86 bits per heavy atom. The van der Waals surface area contributed by atoms with Gasteiger partial charge in [0.1, 0.15) is 6.54 Å². The molecule has 190 valence electrons. The summed E-state index contributed by atoms with van der Waals surface area (Å²) in [6, 6.07) is 11.8. The van der Waals surface area contributed by atoms with Crippen LogP contribution in [0.1, 0.15) is 59.1 Å². The van der Waals surface area contributed by atoms with Crippen molar-refractivity contribution < 1.29 is 18.0 Å². The van der Waals surface area contributed by atoms with Gasteiger partial charge in [-0.25, -0.2) is 13.1 Å². The average Bonchev–Trinajstić information content (AvgIpc) is 2.82. The van der Waals surface area contributed by atoms with Crippen molar-refractivity contribution in [2.24, 2.45) is 0 Å². The topological polar surface area (TPSA) is 119 Å². The van der Waals surface area contributed by atoms with Gasteiger partial charge in [-0.3, -0.25) is 9.59 Å². The number of halogens is 2. The maximum absolute atomic E-state index is 14.1. The summed E-state index contributed by atoms with van der Waals surface area (Å²) in [5, 5.41) is 12.4. The molecule has 11 heteroatoms. The highest BCUT2D eigenvalue weighted by molar-refractivity contribution is 7.88. The van der Waals surface area contributed by atoms with E-state index >= 15 is 0 Å². The summed E-state index contributed by atoms with van der Waals surface area (Å²) in [5.74, 6) is -1.62. The number of rotatable bonds is 6. The number of carbonyl (C=O) groups excluding carboxylic acids is 2. The number of fused-ring (bicyclic) bond motifs is 1. The molecule has 1 heterocycles. The molecule has 1 unspecified atom stereocenters. The first-order valence-corrected chi connectivity index (χ1v) is 14.3. The average molecular weight is 549 g/mol. The largest absolute Gasteiger partial charge is 0.342 e. The Hall–Kier alpha value is -2.64. The summed E-state index contributed by atoms with van der Waals surface area (Å²) in [6.07, 6.45) is 3.80. The van der Waals surface area contributed by atoms with Crippen LogP contribution in [0.25, 0.3) is 0 Å². The number of carbonyl (C=O) groups is 2. The highest BCUT2D eigenvalue weighted by atomic mass is 35.5. The van der Waals surface area contributed by atoms with Crippen molar-refractivity contribution in [3.63, 3.8) is 0 Å². The van der Waals surface area contributed by atoms with E-state index in [2.05, 4.69) is 10.0 Å². The molecule has 4 rings (SSSR count). The standard InChI is InChI=1S/C25H26Cl2N4O4S/c1-36(34,35)30-20-8-4-5-9-21(20)31-23(18-11-10-15(26)14-19(18)27)22(24(32)29-13-12-28)16-6-2-3-7-17(16)25(31)33/h2-3,6-7,10-11,14,20-23,30H,4-5,8-9,13H2,1H3,(H,29,32)/t20-,21?,22+,23-/m0/s1. The van der Waals surface area contributed by atoms with Crippen LogP contribution in [0.5, 0.6) is 0 Å². The third kappa shape index (κ3) is 5.37. The fraction of sp³-hybridized carbons (Fsp3) is 0.400.